The summed E-state index contributed by atoms with van der Waals surface area (Å²) >= 11 is 5.85. The first-order chi connectivity index (χ1) is 8.45. The first-order valence-corrected chi connectivity index (χ1v) is 6.22. The van der Waals surface area contributed by atoms with E-state index in [1.807, 2.05) is 38.1 Å². The van der Waals surface area contributed by atoms with E-state index in [1.165, 1.54) is 0 Å². The Labute approximate surface area is 113 Å². The van der Waals surface area contributed by atoms with Gasteiger partial charge >= 0.3 is 0 Å². The normalized spacial score (nSPS) is 11.1. The zero-order valence-corrected chi connectivity index (χ0v) is 11.6. The van der Waals surface area contributed by atoms with Crippen LogP contribution >= 0.6 is 11.6 Å². The number of carbonyl (C=O) groups is 1. The van der Waals surface area contributed by atoms with Crippen molar-refractivity contribution in [3.63, 3.8) is 0 Å². The smallest absolute Gasteiger partial charge is 0.234 e. The van der Waals surface area contributed by atoms with Gasteiger partial charge in [0.15, 0.2) is 0 Å². The van der Waals surface area contributed by atoms with E-state index in [9.17, 15) is 4.79 Å². The van der Waals surface area contributed by atoms with Crippen molar-refractivity contribution in [3.8, 4) is 0 Å². The van der Waals surface area contributed by atoms with Crippen LogP contribution in [0.1, 0.15) is 19.4 Å². The Morgan fingerprint density at radius 1 is 1.39 bits per heavy atom. The number of hydrogen-bond donors (Lipinski definition) is 2. The summed E-state index contributed by atoms with van der Waals surface area (Å²) in [5.74, 6) is -0.0445. The second kappa shape index (κ2) is 6.57. The predicted molar refractivity (Wildman–Crippen MR) is 75.7 cm³/mol. The Hall–Kier alpha value is -1.32. The van der Waals surface area contributed by atoms with Crippen molar-refractivity contribution in [2.45, 2.75) is 19.4 Å². The molecule has 18 heavy (non-hydrogen) atoms. The van der Waals surface area contributed by atoms with E-state index in [0.717, 1.165) is 5.56 Å². The quantitative estimate of drug-likeness (QED) is 0.777. The number of rotatable bonds is 6. The Bertz CT molecular complexity index is 412. The first-order valence-electron chi connectivity index (χ1n) is 5.84. The second-order valence-corrected chi connectivity index (χ2v) is 5.01. The molecule has 0 aliphatic heterocycles. The molecule has 3 nitrogen and oxygen atoms in total. The molecule has 0 fully saturated rings. The summed E-state index contributed by atoms with van der Waals surface area (Å²) in [7, 11) is 0. The summed E-state index contributed by atoms with van der Waals surface area (Å²) in [5, 5.41) is 6.65. The second-order valence-electron chi connectivity index (χ2n) is 4.58. The molecule has 0 aromatic heterocycles. The van der Waals surface area contributed by atoms with Crippen molar-refractivity contribution in [1.29, 1.82) is 0 Å². The molecule has 0 atom stereocenters. The van der Waals surface area contributed by atoms with Crippen molar-refractivity contribution in [2.75, 3.05) is 13.1 Å². The van der Waals surface area contributed by atoms with Gasteiger partial charge in [-0.05, 0) is 31.5 Å². The van der Waals surface area contributed by atoms with Crippen LogP contribution in [0.2, 0.25) is 5.02 Å². The Kier molecular flexibility index (Phi) is 5.38. The van der Waals surface area contributed by atoms with Crippen molar-refractivity contribution in [1.82, 2.24) is 10.6 Å². The van der Waals surface area contributed by atoms with Gasteiger partial charge < -0.3 is 5.32 Å². The number of carbonyl (C=O) groups excluding carboxylic acids is 1. The molecule has 0 saturated heterocycles. The highest BCUT2D eigenvalue weighted by molar-refractivity contribution is 6.30. The molecule has 1 aromatic carbocycles. The third-order valence-corrected chi connectivity index (χ3v) is 2.95. The highest BCUT2D eigenvalue weighted by Crippen LogP contribution is 2.21. The highest BCUT2D eigenvalue weighted by atomic mass is 35.5. The zero-order chi connectivity index (χ0) is 13.6. The highest BCUT2D eigenvalue weighted by Gasteiger charge is 2.20. The summed E-state index contributed by atoms with van der Waals surface area (Å²) in [6.07, 6.45) is 1.65. The average Bonchev–Trinajstić information content (AvgIpc) is 2.34. The van der Waals surface area contributed by atoms with Gasteiger partial charge in [0.2, 0.25) is 5.91 Å². The maximum Gasteiger partial charge on any atom is 0.234 e. The Morgan fingerprint density at radius 2 is 2.00 bits per heavy atom. The molecule has 0 unspecified atom stereocenters. The fraction of sp³-hybridized carbons (Fsp3) is 0.357. The van der Waals surface area contributed by atoms with Crippen LogP contribution in [0.4, 0.5) is 0 Å². The Balaban J connectivity index is 2.56. The molecular weight excluding hydrogens is 248 g/mol. The molecule has 0 saturated carbocycles. The van der Waals surface area contributed by atoms with Crippen molar-refractivity contribution in [3.05, 3.63) is 47.5 Å². The number of benzene rings is 1. The standard InChI is InChI=1S/C14H19ClN2O/c1-4-9-16-13(18)10-17-14(2,3)11-5-7-12(15)8-6-11/h4-8,17H,1,9-10H2,2-3H3,(H,16,18). The van der Waals surface area contributed by atoms with E-state index in [1.54, 1.807) is 6.08 Å². The van der Waals surface area contributed by atoms with E-state index < -0.39 is 0 Å². The molecule has 0 aliphatic rings. The molecule has 0 radical (unpaired) electrons. The van der Waals surface area contributed by atoms with Crippen LogP contribution in [0, 0.1) is 0 Å². The van der Waals surface area contributed by atoms with Gasteiger partial charge in [0.1, 0.15) is 0 Å². The van der Waals surface area contributed by atoms with Gasteiger partial charge in [-0.15, -0.1) is 6.58 Å². The van der Waals surface area contributed by atoms with Gasteiger partial charge in [-0.1, -0.05) is 29.8 Å². The van der Waals surface area contributed by atoms with Crippen LogP contribution in [0.5, 0.6) is 0 Å². The maximum absolute atomic E-state index is 11.5. The summed E-state index contributed by atoms with van der Waals surface area (Å²) in [5.41, 5.74) is 0.805. The summed E-state index contributed by atoms with van der Waals surface area (Å²) in [4.78, 5) is 11.5. The minimum absolute atomic E-state index is 0.0445. The number of amides is 1. The fourth-order valence-electron chi connectivity index (χ4n) is 1.52. The van der Waals surface area contributed by atoms with Crippen molar-refractivity contribution < 1.29 is 4.79 Å². The third-order valence-electron chi connectivity index (χ3n) is 2.70. The fourth-order valence-corrected chi connectivity index (χ4v) is 1.64. The summed E-state index contributed by atoms with van der Waals surface area (Å²) in [6.45, 7) is 8.35. The lowest BCUT2D eigenvalue weighted by molar-refractivity contribution is -0.120. The van der Waals surface area contributed by atoms with E-state index in [4.69, 9.17) is 11.6 Å². The van der Waals surface area contributed by atoms with Crippen LogP contribution in [-0.2, 0) is 10.3 Å². The largest absolute Gasteiger partial charge is 0.352 e. The topological polar surface area (TPSA) is 41.1 Å². The molecule has 2 N–H and O–H groups in total. The van der Waals surface area contributed by atoms with E-state index in [0.29, 0.717) is 11.6 Å². The molecular formula is C14H19ClN2O. The van der Waals surface area contributed by atoms with Crippen molar-refractivity contribution in [2.24, 2.45) is 0 Å². The van der Waals surface area contributed by atoms with Crippen LogP contribution < -0.4 is 10.6 Å². The van der Waals surface area contributed by atoms with Crippen LogP contribution in [0.3, 0.4) is 0 Å². The number of hydrogen-bond acceptors (Lipinski definition) is 2. The zero-order valence-electron chi connectivity index (χ0n) is 10.8. The molecule has 0 spiro atoms. The van der Waals surface area contributed by atoms with Gasteiger partial charge in [0.05, 0.1) is 6.54 Å². The van der Waals surface area contributed by atoms with Gasteiger partial charge in [-0.3, -0.25) is 10.1 Å². The molecule has 0 aliphatic carbocycles. The molecule has 1 amide bonds. The monoisotopic (exact) mass is 266 g/mol. The maximum atomic E-state index is 11.5. The van der Waals surface area contributed by atoms with Gasteiger partial charge in [-0.2, -0.15) is 0 Å². The number of halogens is 1. The molecule has 0 bridgehead atoms. The predicted octanol–water partition coefficient (Wildman–Crippen LogP) is 2.47. The van der Waals surface area contributed by atoms with E-state index >= 15 is 0 Å². The molecule has 1 aromatic rings. The Morgan fingerprint density at radius 3 is 2.56 bits per heavy atom. The van der Waals surface area contributed by atoms with Crippen LogP contribution in [0.25, 0.3) is 0 Å². The molecule has 0 heterocycles. The van der Waals surface area contributed by atoms with Crippen LogP contribution in [0.15, 0.2) is 36.9 Å². The number of nitrogens with one attached hydrogen (secondary N) is 2. The SMILES string of the molecule is C=CCNC(=O)CNC(C)(C)c1ccc(Cl)cc1. The third kappa shape index (κ3) is 4.51. The van der Waals surface area contributed by atoms with Crippen molar-refractivity contribution >= 4 is 17.5 Å². The molecule has 98 valence electrons. The first kappa shape index (κ1) is 14.7. The van der Waals surface area contributed by atoms with Gasteiger partial charge in [0, 0.05) is 17.1 Å². The molecule has 4 heteroatoms. The lowest BCUT2D eigenvalue weighted by Crippen LogP contribution is -2.43. The minimum atomic E-state index is -0.282. The van der Waals surface area contributed by atoms with Crippen LogP contribution in [-0.4, -0.2) is 19.0 Å². The lowest BCUT2D eigenvalue weighted by atomic mass is 9.94. The van der Waals surface area contributed by atoms with E-state index in [2.05, 4.69) is 17.2 Å². The summed E-state index contributed by atoms with van der Waals surface area (Å²) < 4.78 is 0. The minimum Gasteiger partial charge on any atom is -0.352 e. The lowest BCUT2D eigenvalue weighted by Gasteiger charge is -2.26. The summed E-state index contributed by atoms with van der Waals surface area (Å²) in [6, 6.07) is 7.60. The van der Waals surface area contributed by atoms with Gasteiger partial charge in [-0.25, -0.2) is 0 Å². The van der Waals surface area contributed by atoms with Gasteiger partial charge in [0.25, 0.3) is 0 Å². The van der Waals surface area contributed by atoms with E-state index in [-0.39, 0.29) is 18.0 Å². The molecule has 1 rings (SSSR count). The average molecular weight is 267 g/mol.